The van der Waals surface area contributed by atoms with Crippen molar-refractivity contribution in [1.82, 2.24) is 19.4 Å². The molecule has 2 aliphatic heterocycles. The summed E-state index contributed by atoms with van der Waals surface area (Å²) in [5, 5.41) is 1.08. The summed E-state index contributed by atoms with van der Waals surface area (Å²) in [6.07, 6.45) is 3.96. The average Bonchev–Trinajstić information content (AvgIpc) is 3.23. The van der Waals surface area contributed by atoms with E-state index in [9.17, 15) is 4.79 Å². The summed E-state index contributed by atoms with van der Waals surface area (Å²) < 4.78 is 7.93. The molecule has 2 aliphatic rings. The van der Waals surface area contributed by atoms with Crippen LogP contribution in [0.1, 0.15) is 24.6 Å². The normalized spacial score (nSPS) is 22.4. The number of carbonyl (C=O) groups is 1. The van der Waals surface area contributed by atoms with E-state index >= 15 is 0 Å². The first kappa shape index (κ1) is 15.6. The van der Waals surface area contributed by atoms with Crippen molar-refractivity contribution < 1.29 is 9.53 Å². The molecule has 0 bridgehead atoms. The minimum Gasteiger partial charge on any atom is -0.372 e. The zero-order valence-electron chi connectivity index (χ0n) is 14.1. The van der Waals surface area contributed by atoms with E-state index in [-0.39, 0.29) is 12.0 Å². The summed E-state index contributed by atoms with van der Waals surface area (Å²) >= 11 is 0. The highest BCUT2D eigenvalue weighted by atomic mass is 16.5. The van der Waals surface area contributed by atoms with Crippen LogP contribution in [0.15, 0.2) is 24.4 Å². The number of amides is 1. The molecule has 2 saturated heterocycles. The molecule has 4 heterocycles. The van der Waals surface area contributed by atoms with Gasteiger partial charge in [0.25, 0.3) is 0 Å². The maximum absolute atomic E-state index is 12.8. The van der Waals surface area contributed by atoms with Crippen molar-refractivity contribution in [3.8, 4) is 0 Å². The van der Waals surface area contributed by atoms with E-state index in [1.807, 2.05) is 11.0 Å². The number of fused-ring (bicyclic) bond motifs is 1. The lowest BCUT2D eigenvalue weighted by molar-refractivity contribution is -0.133. The number of ether oxygens (including phenoxy) is 1. The van der Waals surface area contributed by atoms with Crippen LogP contribution in [0, 0.1) is 0 Å². The van der Waals surface area contributed by atoms with Crippen LogP contribution in [-0.2, 0) is 16.1 Å². The molecule has 6 nitrogen and oxygen atoms in total. The van der Waals surface area contributed by atoms with Crippen molar-refractivity contribution >= 4 is 16.9 Å². The molecule has 0 saturated carbocycles. The number of pyridine rings is 1. The largest absolute Gasteiger partial charge is 0.372 e. The van der Waals surface area contributed by atoms with Crippen LogP contribution in [0.25, 0.3) is 11.0 Å². The number of likely N-dealkylation sites (N-methyl/N-ethyl adjacent to an activating group) is 1. The van der Waals surface area contributed by atoms with Gasteiger partial charge < -0.3 is 19.1 Å². The van der Waals surface area contributed by atoms with Gasteiger partial charge in [-0.2, -0.15) is 0 Å². The Morgan fingerprint density at radius 2 is 2.17 bits per heavy atom. The van der Waals surface area contributed by atoms with Gasteiger partial charge in [-0.15, -0.1) is 0 Å². The SMILES string of the molecule is CN1CCN(C(=O)Cn2c([C@@H]3CCCO3)cc3cccnc32)CC1. The standard InChI is InChI=1S/C18H24N4O2/c1-20-7-9-21(10-8-20)17(23)13-22-15(16-5-3-11-24-16)12-14-4-2-6-19-18(14)22/h2,4,6,12,16H,3,5,7-11,13H2,1H3/t16-/m0/s1. The van der Waals surface area contributed by atoms with Gasteiger partial charge in [-0.25, -0.2) is 4.98 Å². The third kappa shape index (κ3) is 2.91. The molecule has 2 aromatic rings. The number of rotatable bonds is 3. The first-order valence-electron chi connectivity index (χ1n) is 8.74. The van der Waals surface area contributed by atoms with Crippen molar-refractivity contribution in [1.29, 1.82) is 0 Å². The smallest absolute Gasteiger partial charge is 0.242 e. The Morgan fingerprint density at radius 3 is 2.92 bits per heavy atom. The van der Waals surface area contributed by atoms with E-state index in [0.29, 0.717) is 6.54 Å². The number of hydrogen-bond donors (Lipinski definition) is 0. The molecule has 0 aliphatic carbocycles. The van der Waals surface area contributed by atoms with Gasteiger partial charge in [0.2, 0.25) is 5.91 Å². The molecule has 0 spiro atoms. The summed E-state index contributed by atoms with van der Waals surface area (Å²) in [5.74, 6) is 0.172. The Morgan fingerprint density at radius 1 is 1.33 bits per heavy atom. The number of aromatic nitrogens is 2. The van der Waals surface area contributed by atoms with Crippen molar-refractivity contribution in [3.63, 3.8) is 0 Å². The minimum atomic E-state index is 0.0829. The highest BCUT2D eigenvalue weighted by Crippen LogP contribution is 2.32. The fraction of sp³-hybridized carbons (Fsp3) is 0.556. The quantitative estimate of drug-likeness (QED) is 0.860. The molecule has 6 heteroatoms. The second kappa shape index (κ2) is 6.53. The average molecular weight is 328 g/mol. The molecular weight excluding hydrogens is 304 g/mol. The second-order valence-electron chi connectivity index (χ2n) is 6.76. The Labute approximate surface area is 142 Å². The van der Waals surface area contributed by atoms with Crippen LogP contribution in [0.5, 0.6) is 0 Å². The van der Waals surface area contributed by atoms with Crippen molar-refractivity contribution in [3.05, 3.63) is 30.1 Å². The first-order chi connectivity index (χ1) is 11.7. The van der Waals surface area contributed by atoms with Crippen LogP contribution in [-0.4, -0.2) is 65.1 Å². The monoisotopic (exact) mass is 328 g/mol. The lowest BCUT2D eigenvalue weighted by Crippen LogP contribution is -2.48. The van der Waals surface area contributed by atoms with E-state index in [2.05, 4.69) is 33.6 Å². The van der Waals surface area contributed by atoms with Crippen LogP contribution < -0.4 is 0 Å². The van der Waals surface area contributed by atoms with E-state index in [4.69, 9.17) is 4.74 Å². The Kier molecular flexibility index (Phi) is 4.24. The van der Waals surface area contributed by atoms with E-state index in [1.165, 1.54) is 0 Å². The summed E-state index contributed by atoms with van der Waals surface area (Å²) in [4.78, 5) is 21.5. The topological polar surface area (TPSA) is 50.6 Å². The minimum absolute atomic E-state index is 0.0829. The van der Waals surface area contributed by atoms with Gasteiger partial charge in [0.1, 0.15) is 12.2 Å². The second-order valence-corrected chi connectivity index (χ2v) is 6.76. The zero-order chi connectivity index (χ0) is 16.5. The van der Waals surface area contributed by atoms with Crippen molar-refractivity contribution in [2.24, 2.45) is 0 Å². The highest BCUT2D eigenvalue weighted by molar-refractivity contribution is 5.82. The van der Waals surface area contributed by atoms with Crippen molar-refractivity contribution in [2.75, 3.05) is 39.8 Å². The van der Waals surface area contributed by atoms with E-state index in [0.717, 1.165) is 62.4 Å². The van der Waals surface area contributed by atoms with E-state index in [1.54, 1.807) is 6.20 Å². The summed E-state index contributed by atoms with van der Waals surface area (Å²) in [7, 11) is 2.10. The Balaban J connectivity index is 1.62. The number of carbonyl (C=O) groups excluding carboxylic acids is 1. The van der Waals surface area contributed by atoms with Gasteiger partial charge in [0, 0.05) is 50.1 Å². The van der Waals surface area contributed by atoms with Gasteiger partial charge >= 0.3 is 0 Å². The molecule has 2 aromatic heterocycles. The third-order valence-corrected chi connectivity index (χ3v) is 5.10. The van der Waals surface area contributed by atoms with Crippen molar-refractivity contribution in [2.45, 2.75) is 25.5 Å². The molecule has 24 heavy (non-hydrogen) atoms. The molecule has 2 fully saturated rings. The van der Waals surface area contributed by atoms with Gasteiger partial charge in [0.15, 0.2) is 0 Å². The number of nitrogens with zero attached hydrogens (tertiary/aromatic N) is 4. The molecule has 128 valence electrons. The van der Waals surface area contributed by atoms with Crippen LogP contribution in [0.4, 0.5) is 0 Å². The maximum Gasteiger partial charge on any atom is 0.242 e. The maximum atomic E-state index is 12.8. The lowest BCUT2D eigenvalue weighted by atomic mass is 10.2. The Bertz CT molecular complexity index is 728. The number of piperazine rings is 1. The van der Waals surface area contributed by atoms with E-state index < -0.39 is 0 Å². The van der Waals surface area contributed by atoms with Crippen LogP contribution in [0.2, 0.25) is 0 Å². The number of hydrogen-bond acceptors (Lipinski definition) is 4. The summed E-state index contributed by atoms with van der Waals surface area (Å²) in [5.41, 5.74) is 1.97. The predicted octanol–water partition coefficient (Wildman–Crippen LogP) is 1.66. The molecule has 0 N–H and O–H groups in total. The zero-order valence-corrected chi connectivity index (χ0v) is 14.1. The van der Waals surface area contributed by atoms with Gasteiger partial charge in [-0.3, -0.25) is 4.79 Å². The van der Waals surface area contributed by atoms with Crippen LogP contribution >= 0.6 is 0 Å². The molecule has 4 rings (SSSR count). The molecule has 0 radical (unpaired) electrons. The molecule has 0 aromatic carbocycles. The van der Waals surface area contributed by atoms with Gasteiger partial charge in [-0.1, -0.05) is 0 Å². The highest BCUT2D eigenvalue weighted by Gasteiger charge is 2.26. The molecule has 1 atom stereocenters. The predicted molar refractivity (Wildman–Crippen MR) is 91.7 cm³/mol. The summed E-state index contributed by atoms with van der Waals surface area (Å²) in [6, 6.07) is 6.13. The fourth-order valence-electron chi connectivity index (χ4n) is 3.64. The van der Waals surface area contributed by atoms with Crippen LogP contribution in [0.3, 0.4) is 0 Å². The molecule has 0 unspecified atom stereocenters. The molecular formula is C18H24N4O2. The molecule has 1 amide bonds. The fourth-order valence-corrected chi connectivity index (χ4v) is 3.64. The third-order valence-electron chi connectivity index (χ3n) is 5.10. The van der Waals surface area contributed by atoms with Gasteiger partial charge in [-0.05, 0) is 38.1 Å². The van der Waals surface area contributed by atoms with Gasteiger partial charge in [0.05, 0.1) is 6.10 Å². The first-order valence-corrected chi connectivity index (χ1v) is 8.74. The lowest BCUT2D eigenvalue weighted by Gasteiger charge is -2.32. The Hall–Kier alpha value is -1.92. The summed E-state index contributed by atoms with van der Waals surface area (Å²) in [6.45, 7) is 4.63.